The highest BCUT2D eigenvalue weighted by Crippen LogP contribution is 2.16. The van der Waals surface area contributed by atoms with Crippen LogP contribution in [0.5, 0.6) is 5.75 Å². The van der Waals surface area contributed by atoms with Gasteiger partial charge in [0, 0.05) is 19.3 Å². The Labute approximate surface area is 167 Å². The number of hydrogen-bond donors (Lipinski definition) is 2. The van der Waals surface area contributed by atoms with Gasteiger partial charge in [0.2, 0.25) is 0 Å². The summed E-state index contributed by atoms with van der Waals surface area (Å²) in [6.45, 7) is 5.37. The van der Waals surface area contributed by atoms with Gasteiger partial charge in [-0.2, -0.15) is 5.10 Å². The van der Waals surface area contributed by atoms with Gasteiger partial charge in [-0.05, 0) is 56.0 Å². The van der Waals surface area contributed by atoms with E-state index in [-0.39, 0.29) is 18.3 Å². The maximum absolute atomic E-state index is 12.3. The van der Waals surface area contributed by atoms with Crippen LogP contribution in [0.4, 0.5) is 0 Å². The molecule has 148 valence electrons. The number of piperidine rings is 1. The third kappa shape index (κ3) is 6.26. The topological polar surface area (TPSA) is 68.2 Å². The van der Waals surface area contributed by atoms with E-state index in [0.29, 0.717) is 18.3 Å². The lowest BCUT2D eigenvalue weighted by molar-refractivity contribution is 0.0948. The number of rotatable bonds is 8. The van der Waals surface area contributed by atoms with E-state index in [1.165, 1.54) is 0 Å². The Hall–Kier alpha value is -2.05. The molecule has 2 aromatic rings. The monoisotopic (exact) mass is 392 g/mol. The molecule has 1 atom stereocenters. The average molecular weight is 393 g/mol. The van der Waals surface area contributed by atoms with Crippen LogP contribution < -0.4 is 15.4 Å². The van der Waals surface area contributed by atoms with Crippen molar-refractivity contribution in [2.24, 2.45) is 0 Å². The molecule has 3 rings (SSSR count). The molecule has 2 heterocycles. The molecule has 0 bridgehead atoms. The molecule has 6 nitrogen and oxygen atoms in total. The van der Waals surface area contributed by atoms with Gasteiger partial charge in [-0.25, -0.2) is 0 Å². The van der Waals surface area contributed by atoms with Crippen LogP contribution in [0.2, 0.25) is 0 Å². The number of halogens is 1. The fourth-order valence-electron chi connectivity index (χ4n) is 3.14. The van der Waals surface area contributed by atoms with Crippen molar-refractivity contribution in [3.63, 3.8) is 0 Å². The predicted molar refractivity (Wildman–Crippen MR) is 109 cm³/mol. The lowest BCUT2D eigenvalue weighted by atomic mass is 10.1. The number of aromatic nitrogens is 2. The minimum atomic E-state index is -0.120. The molecule has 0 radical (unpaired) electrons. The number of amides is 1. The Morgan fingerprint density at radius 2 is 2.30 bits per heavy atom. The molecule has 2 N–H and O–H groups in total. The molecule has 27 heavy (non-hydrogen) atoms. The molecule has 1 saturated heterocycles. The first-order chi connectivity index (χ1) is 12.8. The van der Waals surface area contributed by atoms with Crippen LogP contribution in [0.15, 0.2) is 36.5 Å². The van der Waals surface area contributed by atoms with Crippen molar-refractivity contribution in [3.05, 3.63) is 47.8 Å². The molecule has 0 spiro atoms. The normalized spacial score (nSPS) is 16.4. The van der Waals surface area contributed by atoms with Gasteiger partial charge in [-0.1, -0.05) is 19.1 Å². The Kier molecular flexibility index (Phi) is 8.61. The molecule has 0 aliphatic carbocycles. The third-order valence-electron chi connectivity index (χ3n) is 4.56. The summed E-state index contributed by atoms with van der Waals surface area (Å²) >= 11 is 0. The molecule has 0 saturated carbocycles. The van der Waals surface area contributed by atoms with Gasteiger partial charge in [0.1, 0.15) is 11.4 Å². The van der Waals surface area contributed by atoms with Gasteiger partial charge in [0.25, 0.3) is 5.91 Å². The van der Waals surface area contributed by atoms with Crippen LogP contribution in [0, 0.1) is 0 Å². The number of ether oxygens (including phenoxy) is 1. The van der Waals surface area contributed by atoms with E-state index in [1.807, 2.05) is 29.1 Å². The Morgan fingerprint density at radius 3 is 3.07 bits per heavy atom. The molecular formula is C20H29ClN4O2. The number of carbonyl (C=O) groups excluding carboxylic acids is 1. The quantitative estimate of drug-likeness (QED) is 0.724. The number of carbonyl (C=O) groups is 1. The van der Waals surface area contributed by atoms with Crippen molar-refractivity contribution >= 4 is 18.3 Å². The lowest BCUT2D eigenvalue weighted by Crippen LogP contribution is -2.32. The molecular weight excluding hydrogens is 364 g/mol. The van der Waals surface area contributed by atoms with Crippen LogP contribution in [-0.4, -0.2) is 41.9 Å². The second-order valence-electron chi connectivity index (χ2n) is 6.68. The number of benzene rings is 1. The lowest BCUT2D eigenvalue weighted by Gasteiger charge is -2.22. The summed E-state index contributed by atoms with van der Waals surface area (Å²) in [7, 11) is 0. The van der Waals surface area contributed by atoms with Crippen molar-refractivity contribution in [1.82, 2.24) is 20.4 Å². The zero-order valence-electron chi connectivity index (χ0n) is 15.8. The van der Waals surface area contributed by atoms with E-state index in [2.05, 4.69) is 28.7 Å². The summed E-state index contributed by atoms with van der Waals surface area (Å²) in [6.07, 6.45) is 5.91. The van der Waals surface area contributed by atoms with Crippen LogP contribution >= 0.6 is 12.4 Å². The molecule has 1 aliphatic rings. The van der Waals surface area contributed by atoms with Crippen molar-refractivity contribution in [1.29, 1.82) is 0 Å². The molecule has 1 fully saturated rings. The first-order valence-corrected chi connectivity index (χ1v) is 9.52. The van der Waals surface area contributed by atoms with Crippen LogP contribution in [-0.2, 0) is 6.42 Å². The highest BCUT2D eigenvalue weighted by atomic mass is 35.5. The number of nitrogens with zero attached hydrogens (tertiary/aromatic N) is 2. The Bertz CT molecular complexity index is 714. The molecule has 7 heteroatoms. The Morgan fingerprint density at radius 1 is 1.41 bits per heavy atom. The van der Waals surface area contributed by atoms with Gasteiger partial charge in [0.15, 0.2) is 0 Å². The third-order valence-corrected chi connectivity index (χ3v) is 4.56. The minimum absolute atomic E-state index is 0. The zero-order chi connectivity index (χ0) is 18.2. The van der Waals surface area contributed by atoms with Crippen LogP contribution in [0.3, 0.4) is 0 Å². The van der Waals surface area contributed by atoms with Crippen molar-refractivity contribution in [2.45, 2.75) is 38.6 Å². The van der Waals surface area contributed by atoms with E-state index < -0.39 is 0 Å². The van der Waals surface area contributed by atoms with Gasteiger partial charge < -0.3 is 15.4 Å². The summed E-state index contributed by atoms with van der Waals surface area (Å²) in [5, 5.41) is 10.8. The second-order valence-corrected chi connectivity index (χ2v) is 6.68. The van der Waals surface area contributed by atoms with E-state index in [1.54, 1.807) is 6.07 Å². The zero-order valence-corrected chi connectivity index (χ0v) is 16.6. The maximum Gasteiger partial charge on any atom is 0.271 e. The summed E-state index contributed by atoms with van der Waals surface area (Å²) in [5.74, 6) is 0.765. The average Bonchev–Trinajstić information content (AvgIpc) is 3.18. The molecule has 1 amide bonds. The van der Waals surface area contributed by atoms with E-state index in [9.17, 15) is 4.79 Å². The molecule has 1 unspecified atom stereocenters. The van der Waals surface area contributed by atoms with Crippen LogP contribution in [0.25, 0.3) is 0 Å². The van der Waals surface area contributed by atoms with E-state index in [0.717, 1.165) is 56.7 Å². The fraction of sp³-hybridized carbons (Fsp3) is 0.500. The second kappa shape index (κ2) is 10.9. The van der Waals surface area contributed by atoms with Crippen molar-refractivity contribution in [3.8, 4) is 5.75 Å². The largest absolute Gasteiger partial charge is 0.494 e. The Balaban J connectivity index is 0.00000261. The molecule has 1 aliphatic heterocycles. The van der Waals surface area contributed by atoms with Crippen LogP contribution in [0.1, 0.15) is 48.3 Å². The number of hydrogen-bond acceptors (Lipinski definition) is 4. The number of nitrogens with one attached hydrogen (secondary N) is 2. The van der Waals surface area contributed by atoms with Gasteiger partial charge in [-0.15, -0.1) is 12.4 Å². The predicted octanol–water partition coefficient (Wildman–Crippen LogP) is 2.99. The van der Waals surface area contributed by atoms with E-state index >= 15 is 0 Å². The first kappa shape index (κ1) is 21.3. The minimum Gasteiger partial charge on any atom is -0.494 e. The SMILES string of the molecule is CCCOc1cccc(CCNC(=O)c2ccn(C3CCCNC3)n2)c1.Cl. The summed E-state index contributed by atoms with van der Waals surface area (Å²) in [6, 6.07) is 10.2. The van der Waals surface area contributed by atoms with Crippen molar-refractivity contribution in [2.75, 3.05) is 26.2 Å². The van der Waals surface area contributed by atoms with Gasteiger partial charge in [0.05, 0.1) is 12.6 Å². The molecule has 1 aromatic carbocycles. The van der Waals surface area contributed by atoms with Gasteiger partial charge in [-0.3, -0.25) is 9.48 Å². The fourth-order valence-corrected chi connectivity index (χ4v) is 3.14. The summed E-state index contributed by atoms with van der Waals surface area (Å²) in [4.78, 5) is 12.3. The molecule has 1 aromatic heterocycles. The standard InChI is InChI=1S/C20H28N4O2.ClH/c1-2-13-26-18-7-3-5-16(14-18)8-11-22-20(25)19-9-12-24(23-19)17-6-4-10-21-15-17;/h3,5,7,9,12,14,17,21H,2,4,6,8,10-11,13,15H2,1H3,(H,22,25);1H. The summed E-state index contributed by atoms with van der Waals surface area (Å²) < 4.78 is 7.56. The first-order valence-electron chi connectivity index (χ1n) is 9.52. The smallest absolute Gasteiger partial charge is 0.271 e. The van der Waals surface area contributed by atoms with Crippen molar-refractivity contribution < 1.29 is 9.53 Å². The van der Waals surface area contributed by atoms with Gasteiger partial charge >= 0.3 is 0 Å². The van der Waals surface area contributed by atoms with E-state index in [4.69, 9.17) is 4.74 Å². The highest BCUT2D eigenvalue weighted by Gasteiger charge is 2.17. The highest BCUT2D eigenvalue weighted by molar-refractivity contribution is 5.92. The maximum atomic E-state index is 12.3. The summed E-state index contributed by atoms with van der Waals surface area (Å²) in [5.41, 5.74) is 1.63.